The minimum atomic E-state index is 0.110. The first-order chi connectivity index (χ1) is 5.04. The summed E-state index contributed by atoms with van der Waals surface area (Å²) in [5.74, 6) is 0.110. The number of carbonyl (C=O) groups is 1. The molecule has 0 aliphatic heterocycles. The van der Waals surface area contributed by atoms with Crippen molar-refractivity contribution in [1.82, 2.24) is 4.98 Å². The van der Waals surface area contributed by atoms with Crippen LogP contribution in [0.3, 0.4) is 0 Å². The van der Waals surface area contributed by atoms with Gasteiger partial charge in [-0.2, -0.15) is 0 Å². The van der Waals surface area contributed by atoms with Crippen LogP contribution in [0.5, 0.6) is 0 Å². The molecule has 1 heterocycles. The second-order valence-corrected chi connectivity index (χ2v) is 2.93. The average molecular weight is 151 g/mol. The van der Waals surface area contributed by atoms with E-state index < -0.39 is 0 Å². The Labute approximate surface area is 66.6 Å². The molecule has 0 unspecified atom stereocenters. The standard InChI is InChI=1S/C9H13NO/c1-5-6(2)9(8(4)11)10-7(5)3/h10H,1-4H3. The van der Waals surface area contributed by atoms with E-state index in [0.717, 1.165) is 17.0 Å². The van der Waals surface area contributed by atoms with E-state index in [1.165, 1.54) is 5.56 Å². The summed E-state index contributed by atoms with van der Waals surface area (Å²) in [5.41, 5.74) is 4.11. The first kappa shape index (κ1) is 8.05. The Bertz CT molecular complexity index is 297. The molecular weight excluding hydrogens is 138 g/mol. The molecule has 0 amide bonds. The number of Topliss-reactive ketones (excluding diaryl/α,β-unsaturated/α-hetero) is 1. The summed E-state index contributed by atoms with van der Waals surface area (Å²) in [6, 6.07) is 0. The molecule has 0 atom stereocenters. The molecule has 0 radical (unpaired) electrons. The molecular formula is C9H13NO. The van der Waals surface area contributed by atoms with Crippen molar-refractivity contribution in [2.45, 2.75) is 27.7 Å². The van der Waals surface area contributed by atoms with E-state index in [-0.39, 0.29) is 5.78 Å². The van der Waals surface area contributed by atoms with Gasteiger partial charge in [0.15, 0.2) is 5.78 Å². The highest BCUT2D eigenvalue weighted by Crippen LogP contribution is 2.16. The molecule has 0 fully saturated rings. The fraction of sp³-hybridized carbons (Fsp3) is 0.444. The van der Waals surface area contributed by atoms with Gasteiger partial charge in [0, 0.05) is 12.6 Å². The van der Waals surface area contributed by atoms with Crippen LogP contribution in [0.15, 0.2) is 0 Å². The molecule has 1 N–H and O–H groups in total. The Hall–Kier alpha value is -1.05. The Morgan fingerprint density at radius 1 is 1.18 bits per heavy atom. The predicted molar refractivity (Wildman–Crippen MR) is 45.0 cm³/mol. The number of hydrogen-bond acceptors (Lipinski definition) is 1. The van der Waals surface area contributed by atoms with Gasteiger partial charge in [-0.25, -0.2) is 0 Å². The number of ketones is 1. The van der Waals surface area contributed by atoms with Crippen molar-refractivity contribution in [2.24, 2.45) is 0 Å². The molecule has 0 saturated carbocycles. The maximum absolute atomic E-state index is 11.0. The molecule has 11 heavy (non-hydrogen) atoms. The van der Waals surface area contributed by atoms with Gasteiger partial charge in [0.1, 0.15) is 0 Å². The van der Waals surface area contributed by atoms with Crippen LogP contribution in [0.4, 0.5) is 0 Å². The number of aromatic amines is 1. The van der Waals surface area contributed by atoms with Crippen LogP contribution in [0.1, 0.15) is 34.2 Å². The third-order valence-corrected chi connectivity index (χ3v) is 2.16. The number of aryl methyl sites for hydroxylation is 1. The highest BCUT2D eigenvalue weighted by Gasteiger charge is 2.09. The molecule has 0 aliphatic carbocycles. The number of rotatable bonds is 1. The number of nitrogens with one attached hydrogen (secondary N) is 1. The Morgan fingerprint density at radius 2 is 1.73 bits per heavy atom. The van der Waals surface area contributed by atoms with Crippen LogP contribution in [-0.2, 0) is 0 Å². The van der Waals surface area contributed by atoms with Gasteiger partial charge in [-0.15, -0.1) is 0 Å². The van der Waals surface area contributed by atoms with Crippen molar-refractivity contribution in [3.8, 4) is 0 Å². The van der Waals surface area contributed by atoms with Crippen LogP contribution in [0.2, 0.25) is 0 Å². The molecule has 60 valence electrons. The van der Waals surface area contributed by atoms with Crippen molar-refractivity contribution in [2.75, 3.05) is 0 Å². The molecule has 0 bridgehead atoms. The topological polar surface area (TPSA) is 32.9 Å². The molecule has 1 rings (SSSR count). The zero-order valence-corrected chi connectivity index (χ0v) is 7.41. The van der Waals surface area contributed by atoms with Crippen LogP contribution in [0, 0.1) is 20.8 Å². The van der Waals surface area contributed by atoms with E-state index in [2.05, 4.69) is 4.98 Å². The Balaban J connectivity index is 3.29. The SMILES string of the molecule is CC(=O)c1[nH]c(C)c(C)c1C. The summed E-state index contributed by atoms with van der Waals surface area (Å²) in [4.78, 5) is 14.1. The van der Waals surface area contributed by atoms with Gasteiger partial charge < -0.3 is 4.98 Å². The third-order valence-electron chi connectivity index (χ3n) is 2.16. The Kier molecular flexibility index (Phi) is 1.85. The van der Waals surface area contributed by atoms with Crippen LogP contribution in [-0.4, -0.2) is 10.8 Å². The van der Waals surface area contributed by atoms with Crippen LogP contribution >= 0.6 is 0 Å². The van der Waals surface area contributed by atoms with E-state index in [0.29, 0.717) is 0 Å². The van der Waals surface area contributed by atoms with E-state index in [1.54, 1.807) is 6.92 Å². The average Bonchev–Trinajstić information content (AvgIpc) is 2.17. The molecule has 1 aromatic heterocycles. The summed E-state index contributed by atoms with van der Waals surface area (Å²) in [6.45, 7) is 7.55. The van der Waals surface area contributed by atoms with Gasteiger partial charge in [-0.3, -0.25) is 4.79 Å². The number of aromatic nitrogens is 1. The maximum Gasteiger partial charge on any atom is 0.176 e. The fourth-order valence-corrected chi connectivity index (χ4v) is 1.20. The van der Waals surface area contributed by atoms with Crippen LogP contribution in [0.25, 0.3) is 0 Å². The fourth-order valence-electron chi connectivity index (χ4n) is 1.20. The summed E-state index contributed by atoms with van der Waals surface area (Å²) in [6.07, 6.45) is 0. The van der Waals surface area contributed by atoms with E-state index in [1.807, 2.05) is 20.8 Å². The molecule has 0 aromatic carbocycles. The second-order valence-electron chi connectivity index (χ2n) is 2.93. The molecule has 0 spiro atoms. The number of hydrogen-bond donors (Lipinski definition) is 1. The zero-order valence-electron chi connectivity index (χ0n) is 7.41. The van der Waals surface area contributed by atoms with Crippen molar-refractivity contribution in [3.05, 3.63) is 22.5 Å². The highest BCUT2D eigenvalue weighted by molar-refractivity contribution is 5.94. The molecule has 2 heteroatoms. The lowest BCUT2D eigenvalue weighted by molar-refractivity contribution is 0.101. The van der Waals surface area contributed by atoms with Crippen LogP contribution < -0.4 is 0 Å². The molecule has 2 nitrogen and oxygen atoms in total. The summed E-state index contributed by atoms with van der Waals surface area (Å²) < 4.78 is 0. The first-order valence-corrected chi connectivity index (χ1v) is 3.70. The highest BCUT2D eigenvalue weighted by atomic mass is 16.1. The van der Waals surface area contributed by atoms with Gasteiger partial charge in [0.05, 0.1) is 5.69 Å². The second kappa shape index (κ2) is 2.53. The maximum atomic E-state index is 11.0. The normalized spacial score (nSPS) is 10.2. The predicted octanol–water partition coefficient (Wildman–Crippen LogP) is 2.14. The lowest BCUT2D eigenvalue weighted by Gasteiger charge is -1.91. The third kappa shape index (κ3) is 1.20. The number of H-pyrrole nitrogens is 1. The number of carbonyl (C=O) groups excluding carboxylic acids is 1. The van der Waals surface area contributed by atoms with E-state index >= 15 is 0 Å². The summed E-state index contributed by atoms with van der Waals surface area (Å²) in [5, 5.41) is 0. The van der Waals surface area contributed by atoms with Gasteiger partial charge in [-0.1, -0.05) is 0 Å². The lowest BCUT2D eigenvalue weighted by atomic mass is 10.1. The smallest absolute Gasteiger partial charge is 0.176 e. The molecule has 0 aliphatic rings. The van der Waals surface area contributed by atoms with Gasteiger partial charge in [0.25, 0.3) is 0 Å². The zero-order chi connectivity index (χ0) is 8.59. The monoisotopic (exact) mass is 151 g/mol. The lowest BCUT2D eigenvalue weighted by Crippen LogP contribution is -1.94. The summed E-state index contributed by atoms with van der Waals surface area (Å²) >= 11 is 0. The minimum absolute atomic E-state index is 0.110. The molecule has 0 saturated heterocycles. The largest absolute Gasteiger partial charge is 0.356 e. The van der Waals surface area contributed by atoms with Crippen molar-refractivity contribution in [1.29, 1.82) is 0 Å². The Morgan fingerprint density at radius 3 is 1.91 bits per heavy atom. The van der Waals surface area contributed by atoms with Crippen molar-refractivity contribution >= 4 is 5.78 Å². The first-order valence-electron chi connectivity index (χ1n) is 3.70. The summed E-state index contributed by atoms with van der Waals surface area (Å²) in [7, 11) is 0. The van der Waals surface area contributed by atoms with Gasteiger partial charge in [-0.05, 0) is 31.9 Å². The van der Waals surface area contributed by atoms with Crippen molar-refractivity contribution < 1.29 is 4.79 Å². The van der Waals surface area contributed by atoms with Crippen molar-refractivity contribution in [3.63, 3.8) is 0 Å². The molecule has 1 aromatic rings. The van der Waals surface area contributed by atoms with E-state index in [4.69, 9.17) is 0 Å². The van der Waals surface area contributed by atoms with E-state index in [9.17, 15) is 4.79 Å². The van der Waals surface area contributed by atoms with Gasteiger partial charge >= 0.3 is 0 Å². The minimum Gasteiger partial charge on any atom is -0.356 e. The van der Waals surface area contributed by atoms with Gasteiger partial charge in [0.2, 0.25) is 0 Å². The quantitative estimate of drug-likeness (QED) is 0.613.